The van der Waals surface area contributed by atoms with Gasteiger partial charge in [0.25, 0.3) is 5.91 Å². The van der Waals surface area contributed by atoms with E-state index < -0.39 is 10.0 Å². The molecular weight excluding hydrogens is 480 g/mol. The fourth-order valence-electron chi connectivity index (χ4n) is 3.77. The standard InChI is InChI=1S/C22H24N6O4S.ClH/c1-27-9-11-28(12-10-27)33(31,32)16-4-6-19(25-14-16)20-17-13-15(21(29)24-8-2-7-23)3-5-18(17)26-22(20)30;/h3-6,13-14,26,30H,2,8-12H2,1H3,(H,24,29);1H. The number of pyridine rings is 1. The average molecular weight is 505 g/mol. The molecule has 4 rings (SSSR count). The Balaban J connectivity index is 0.00000324. The van der Waals surface area contributed by atoms with Crippen LogP contribution in [-0.2, 0) is 10.0 Å². The number of carbonyl (C=O) groups is 1. The van der Waals surface area contributed by atoms with Crippen LogP contribution < -0.4 is 5.32 Å². The summed E-state index contributed by atoms with van der Waals surface area (Å²) in [5, 5.41) is 22.3. The Bertz CT molecular complexity index is 1330. The molecule has 0 bridgehead atoms. The number of piperazine rings is 1. The van der Waals surface area contributed by atoms with Gasteiger partial charge in [-0.15, -0.1) is 12.4 Å². The van der Waals surface area contributed by atoms with Crippen molar-refractivity contribution in [3.63, 3.8) is 0 Å². The number of nitrogens with zero attached hydrogens (tertiary/aromatic N) is 4. The molecule has 2 aromatic heterocycles. The lowest BCUT2D eigenvalue weighted by Crippen LogP contribution is -2.47. The van der Waals surface area contributed by atoms with Gasteiger partial charge in [-0.3, -0.25) is 9.78 Å². The average Bonchev–Trinajstić information content (AvgIpc) is 3.14. The summed E-state index contributed by atoms with van der Waals surface area (Å²) in [4.78, 5) is 21.7. The molecule has 1 saturated heterocycles. The molecule has 3 aromatic rings. The number of benzene rings is 1. The van der Waals surface area contributed by atoms with Crippen molar-refractivity contribution in [2.75, 3.05) is 39.8 Å². The molecule has 3 heterocycles. The molecule has 3 N–H and O–H groups in total. The molecule has 1 amide bonds. The number of aromatic amines is 1. The molecule has 1 aromatic carbocycles. The first-order valence-electron chi connectivity index (χ1n) is 10.5. The van der Waals surface area contributed by atoms with E-state index in [-0.39, 0.29) is 42.1 Å². The van der Waals surface area contributed by atoms with E-state index in [0.717, 1.165) is 0 Å². The zero-order valence-corrected chi connectivity index (χ0v) is 20.1. The largest absolute Gasteiger partial charge is 0.494 e. The number of fused-ring (bicyclic) bond motifs is 1. The number of aromatic nitrogens is 2. The highest BCUT2D eigenvalue weighted by atomic mass is 35.5. The maximum atomic E-state index is 12.9. The minimum atomic E-state index is -3.65. The van der Waals surface area contributed by atoms with E-state index in [1.807, 2.05) is 13.1 Å². The molecule has 1 aliphatic heterocycles. The highest BCUT2D eigenvalue weighted by molar-refractivity contribution is 7.89. The van der Waals surface area contributed by atoms with Crippen LogP contribution in [0.2, 0.25) is 0 Å². The normalized spacial score (nSPS) is 14.9. The molecule has 0 saturated carbocycles. The van der Waals surface area contributed by atoms with Gasteiger partial charge in [-0.2, -0.15) is 9.57 Å². The van der Waals surface area contributed by atoms with Crippen molar-refractivity contribution in [1.82, 2.24) is 24.5 Å². The smallest absolute Gasteiger partial charge is 0.251 e. The Morgan fingerprint density at radius 3 is 2.62 bits per heavy atom. The first-order chi connectivity index (χ1) is 15.8. The fraction of sp³-hybridized carbons (Fsp3) is 0.318. The van der Waals surface area contributed by atoms with Crippen molar-refractivity contribution < 1.29 is 18.3 Å². The highest BCUT2D eigenvalue weighted by Crippen LogP contribution is 2.36. The van der Waals surface area contributed by atoms with Gasteiger partial charge in [0.15, 0.2) is 5.88 Å². The second-order valence-corrected chi connectivity index (χ2v) is 9.80. The van der Waals surface area contributed by atoms with Gasteiger partial charge in [0.1, 0.15) is 4.90 Å². The van der Waals surface area contributed by atoms with Crippen molar-refractivity contribution >= 4 is 39.2 Å². The molecule has 180 valence electrons. The van der Waals surface area contributed by atoms with E-state index in [0.29, 0.717) is 53.9 Å². The van der Waals surface area contributed by atoms with Gasteiger partial charge in [0.05, 0.1) is 23.7 Å². The van der Waals surface area contributed by atoms with Gasteiger partial charge in [-0.1, -0.05) is 0 Å². The number of hydrogen-bond donors (Lipinski definition) is 3. The van der Waals surface area contributed by atoms with Crippen LogP contribution in [0.1, 0.15) is 16.8 Å². The van der Waals surface area contributed by atoms with Crippen LogP contribution in [0.15, 0.2) is 41.4 Å². The van der Waals surface area contributed by atoms with Gasteiger partial charge in [0, 0.05) is 55.4 Å². The van der Waals surface area contributed by atoms with Crippen LogP contribution in [0.4, 0.5) is 0 Å². The number of amides is 1. The summed E-state index contributed by atoms with van der Waals surface area (Å²) in [5.41, 5.74) is 1.72. The first kappa shape index (κ1) is 25.5. The lowest BCUT2D eigenvalue weighted by atomic mass is 10.1. The molecular formula is C22H25ClN6O4S. The van der Waals surface area contributed by atoms with Crippen molar-refractivity contribution in [1.29, 1.82) is 5.26 Å². The monoisotopic (exact) mass is 504 g/mol. The SMILES string of the molecule is CN1CCN(S(=O)(=O)c2ccc(-c3c(O)[nH]c4ccc(C(=O)NCCC#N)cc34)nc2)CC1.Cl. The van der Waals surface area contributed by atoms with Crippen LogP contribution in [0.3, 0.4) is 0 Å². The topological polar surface area (TPSA) is 142 Å². The second-order valence-electron chi connectivity index (χ2n) is 7.86. The number of likely N-dealkylation sites (N-methyl/N-ethyl adjacent to an activating group) is 1. The third-order valence-corrected chi connectivity index (χ3v) is 7.54. The maximum Gasteiger partial charge on any atom is 0.251 e. The van der Waals surface area contributed by atoms with Crippen molar-refractivity contribution in [3.8, 4) is 23.2 Å². The van der Waals surface area contributed by atoms with E-state index >= 15 is 0 Å². The minimum Gasteiger partial charge on any atom is -0.494 e. The van der Waals surface area contributed by atoms with E-state index in [4.69, 9.17) is 5.26 Å². The Hall–Kier alpha value is -3.17. The maximum absolute atomic E-state index is 12.9. The van der Waals surface area contributed by atoms with Crippen LogP contribution in [0, 0.1) is 11.3 Å². The number of nitrogens with one attached hydrogen (secondary N) is 2. The second kappa shape index (κ2) is 10.4. The number of sulfonamides is 1. The molecule has 0 aliphatic carbocycles. The molecule has 0 radical (unpaired) electrons. The summed E-state index contributed by atoms with van der Waals surface area (Å²) in [5.74, 6) is -0.463. The third-order valence-electron chi connectivity index (χ3n) is 5.66. The molecule has 0 atom stereocenters. The highest BCUT2D eigenvalue weighted by Gasteiger charge is 2.28. The first-order valence-corrected chi connectivity index (χ1v) is 11.9. The summed E-state index contributed by atoms with van der Waals surface area (Å²) in [6, 6.07) is 9.90. The summed E-state index contributed by atoms with van der Waals surface area (Å²) in [7, 11) is -1.70. The number of nitriles is 1. The Kier molecular flexibility index (Phi) is 7.78. The van der Waals surface area contributed by atoms with E-state index in [9.17, 15) is 18.3 Å². The number of halogens is 1. The zero-order chi connectivity index (χ0) is 23.6. The minimum absolute atomic E-state index is 0. The van der Waals surface area contributed by atoms with Crippen molar-refractivity contribution in [3.05, 3.63) is 42.1 Å². The number of carbonyl (C=O) groups excluding carboxylic acids is 1. The Morgan fingerprint density at radius 1 is 1.24 bits per heavy atom. The number of hydrogen-bond acceptors (Lipinski definition) is 7. The Morgan fingerprint density at radius 2 is 1.97 bits per heavy atom. The Labute approximate surface area is 203 Å². The van der Waals surface area contributed by atoms with Crippen LogP contribution in [-0.4, -0.2) is 78.4 Å². The van der Waals surface area contributed by atoms with Gasteiger partial charge in [0.2, 0.25) is 10.0 Å². The summed E-state index contributed by atoms with van der Waals surface area (Å²) >= 11 is 0. The number of rotatable bonds is 6. The van der Waals surface area contributed by atoms with Crippen LogP contribution in [0.25, 0.3) is 22.2 Å². The number of H-pyrrole nitrogens is 1. The summed E-state index contributed by atoms with van der Waals surface area (Å²) < 4.78 is 27.3. The van der Waals surface area contributed by atoms with Crippen LogP contribution >= 0.6 is 12.4 Å². The zero-order valence-electron chi connectivity index (χ0n) is 18.5. The predicted molar refractivity (Wildman–Crippen MR) is 129 cm³/mol. The van der Waals surface area contributed by atoms with Gasteiger partial charge in [-0.25, -0.2) is 8.42 Å². The van der Waals surface area contributed by atoms with Crippen molar-refractivity contribution in [2.24, 2.45) is 0 Å². The lowest BCUT2D eigenvalue weighted by Gasteiger charge is -2.31. The molecule has 0 unspecified atom stereocenters. The summed E-state index contributed by atoms with van der Waals surface area (Å²) in [6.07, 6.45) is 1.50. The number of aromatic hydroxyl groups is 1. The van der Waals surface area contributed by atoms with Gasteiger partial charge >= 0.3 is 0 Å². The van der Waals surface area contributed by atoms with E-state index in [2.05, 4.69) is 20.2 Å². The molecule has 12 heteroatoms. The molecule has 1 aliphatic rings. The quantitative estimate of drug-likeness (QED) is 0.435. The van der Waals surface area contributed by atoms with Gasteiger partial charge < -0.3 is 20.3 Å². The van der Waals surface area contributed by atoms with Gasteiger partial charge in [-0.05, 0) is 37.4 Å². The molecule has 34 heavy (non-hydrogen) atoms. The van der Waals surface area contributed by atoms with E-state index in [1.165, 1.54) is 16.6 Å². The van der Waals surface area contributed by atoms with Crippen molar-refractivity contribution in [2.45, 2.75) is 11.3 Å². The van der Waals surface area contributed by atoms with E-state index in [1.54, 1.807) is 24.3 Å². The molecule has 1 fully saturated rings. The molecule has 0 spiro atoms. The molecule has 10 nitrogen and oxygen atoms in total. The van der Waals surface area contributed by atoms with Crippen LogP contribution in [0.5, 0.6) is 5.88 Å². The summed E-state index contributed by atoms with van der Waals surface area (Å²) in [6.45, 7) is 2.41. The predicted octanol–water partition coefficient (Wildman–Crippen LogP) is 1.94. The third kappa shape index (κ3) is 5.00. The lowest BCUT2D eigenvalue weighted by molar-refractivity contribution is 0.0954. The fourth-order valence-corrected chi connectivity index (χ4v) is 5.14.